The molecule has 1 rings (SSSR count). The van der Waals surface area contributed by atoms with Crippen LogP contribution >= 0.6 is 0 Å². The predicted molar refractivity (Wildman–Crippen MR) is 65.7 cm³/mol. The molecule has 17 heavy (non-hydrogen) atoms. The lowest BCUT2D eigenvalue weighted by Crippen LogP contribution is -2.32. The van der Waals surface area contributed by atoms with E-state index in [1.165, 1.54) is 0 Å². The van der Waals surface area contributed by atoms with Gasteiger partial charge in [-0.25, -0.2) is 0 Å². The fraction of sp³-hybridized carbons (Fsp3) is 0.667. The monoisotopic (exact) mass is 239 g/mol. The molecule has 1 aromatic rings. The highest BCUT2D eigenvalue weighted by molar-refractivity contribution is 5.69. The van der Waals surface area contributed by atoms with Gasteiger partial charge in [0.2, 0.25) is 0 Å². The third kappa shape index (κ3) is 3.85. The lowest BCUT2D eigenvalue weighted by Gasteiger charge is -2.22. The predicted octanol–water partition coefficient (Wildman–Crippen LogP) is 1.27. The number of aliphatic carboxylic acids is 1. The van der Waals surface area contributed by atoms with Crippen LogP contribution in [0.15, 0.2) is 6.07 Å². The Morgan fingerprint density at radius 1 is 1.65 bits per heavy atom. The molecule has 0 aliphatic rings. The summed E-state index contributed by atoms with van der Waals surface area (Å²) in [7, 11) is 1.91. The molecule has 0 aliphatic heterocycles. The maximum absolute atomic E-state index is 10.8. The highest BCUT2D eigenvalue weighted by atomic mass is 16.4. The highest BCUT2D eigenvalue weighted by Gasteiger charge is 2.16. The minimum absolute atomic E-state index is 0.343. The van der Waals surface area contributed by atoms with Crippen molar-refractivity contribution in [2.75, 3.05) is 13.1 Å². The summed E-state index contributed by atoms with van der Waals surface area (Å²) < 4.78 is 1.85. The minimum atomic E-state index is -0.746. The number of carboxylic acid groups (broad SMARTS) is 1. The molecule has 0 radical (unpaired) electrons. The second kappa shape index (κ2) is 5.82. The van der Waals surface area contributed by atoms with Crippen LogP contribution in [-0.4, -0.2) is 38.8 Å². The molecule has 5 heteroatoms. The third-order valence-electron chi connectivity index (χ3n) is 2.89. The zero-order valence-corrected chi connectivity index (χ0v) is 11.0. The largest absolute Gasteiger partial charge is 0.481 e. The Kier molecular flexibility index (Phi) is 4.69. The molecule has 1 heterocycles. The van der Waals surface area contributed by atoms with Crippen LogP contribution in [0.2, 0.25) is 0 Å². The third-order valence-corrected chi connectivity index (χ3v) is 2.89. The molecule has 0 aliphatic carbocycles. The number of rotatable bonds is 6. The van der Waals surface area contributed by atoms with Gasteiger partial charge in [-0.1, -0.05) is 13.8 Å². The number of carbonyl (C=O) groups is 1. The van der Waals surface area contributed by atoms with Crippen molar-refractivity contribution in [3.63, 3.8) is 0 Å². The average Bonchev–Trinajstić information content (AvgIpc) is 2.56. The molecule has 1 unspecified atom stereocenters. The summed E-state index contributed by atoms with van der Waals surface area (Å²) in [4.78, 5) is 13.0. The zero-order chi connectivity index (χ0) is 13.0. The van der Waals surface area contributed by atoms with Crippen LogP contribution in [-0.2, 0) is 18.4 Å². The Morgan fingerprint density at radius 2 is 2.29 bits per heavy atom. The fourth-order valence-electron chi connectivity index (χ4n) is 1.81. The standard InChI is InChI=1S/C12H21N3O2/c1-5-15(7-9(2)12(16)17)8-11-6-10(3)13-14(11)4/h6,9H,5,7-8H2,1-4H3,(H,16,17). The average molecular weight is 239 g/mol. The van der Waals surface area contributed by atoms with Crippen LogP contribution in [0.25, 0.3) is 0 Å². The molecule has 0 bridgehead atoms. The molecule has 0 fully saturated rings. The van der Waals surface area contributed by atoms with Crippen LogP contribution in [0.5, 0.6) is 0 Å². The van der Waals surface area contributed by atoms with E-state index in [4.69, 9.17) is 5.11 Å². The molecule has 0 saturated carbocycles. The first kappa shape index (κ1) is 13.7. The van der Waals surface area contributed by atoms with E-state index in [2.05, 4.69) is 10.00 Å². The summed E-state index contributed by atoms with van der Waals surface area (Å²) in [5, 5.41) is 13.2. The molecule has 5 nitrogen and oxygen atoms in total. The van der Waals surface area contributed by atoms with Crippen molar-refractivity contribution >= 4 is 5.97 Å². The molecule has 1 atom stereocenters. The summed E-state index contributed by atoms with van der Waals surface area (Å²) >= 11 is 0. The van der Waals surface area contributed by atoms with E-state index in [0.29, 0.717) is 6.54 Å². The molecular weight excluding hydrogens is 218 g/mol. The fourth-order valence-corrected chi connectivity index (χ4v) is 1.81. The maximum Gasteiger partial charge on any atom is 0.307 e. The van der Waals surface area contributed by atoms with Crippen molar-refractivity contribution in [1.29, 1.82) is 0 Å². The molecule has 0 aromatic carbocycles. The van der Waals surface area contributed by atoms with E-state index >= 15 is 0 Å². The first-order valence-electron chi connectivity index (χ1n) is 5.88. The van der Waals surface area contributed by atoms with Crippen LogP contribution in [0, 0.1) is 12.8 Å². The Hall–Kier alpha value is -1.36. The zero-order valence-electron chi connectivity index (χ0n) is 11.0. The first-order valence-corrected chi connectivity index (χ1v) is 5.88. The maximum atomic E-state index is 10.8. The summed E-state index contributed by atoms with van der Waals surface area (Å²) in [5.41, 5.74) is 2.10. The minimum Gasteiger partial charge on any atom is -0.481 e. The van der Waals surface area contributed by atoms with Gasteiger partial charge in [0.05, 0.1) is 17.3 Å². The summed E-state index contributed by atoms with van der Waals surface area (Å²) in [5.74, 6) is -1.09. The van der Waals surface area contributed by atoms with E-state index < -0.39 is 5.97 Å². The van der Waals surface area contributed by atoms with Gasteiger partial charge in [0.15, 0.2) is 0 Å². The Balaban J connectivity index is 2.64. The van der Waals surface area contributed by atoms with Gasteiger partial charge in [-0.15, -0.1) is 0 Å². The Labute approximate surface area is 102 Å². The van der Waals surface area contributed by atoms with E-state index in [0.717, 1.165) is 24.5 Å². The van der Waals surface area contributed by atoms with Crippen molar-refractivity contribution in [3.05, 3.63) is 17.5 Å². The molecule has 0 saturated heterocycles. The Bertz CT molecular complexity index is 387. The SMILES string of the molecule is CCN(Cc1cc(C)nn1C)CC(C)C(=O)O. The molecule has 1 N–H and O–H groups in total. The summed E-state index contributed by atoms with van der Waals surface area (Å²) in [6.45, 7) is 7.88. The van der Waals surface area contributed by atoms with E-state index in [1.807, 2.05) is 31.6 Å². The van der Waals surface area contributed by atoms with Gasteiger partial charge >= 0.3 is 5.97 Å². The normalized spacial score (nSPS) is 13.0. The van der Waals surface area contributed by atoms with Crippen LogP contribution in [0.1, 0.15) is 25.2 Å². The quantitative estimate of drug-likeness (QED) is 0.812. The second-order valence-electron chi connectivity index (χ2n) is 4.47. The van der Waals surface area contributed by atoms with Gasteiger partial charge in [0, 0.05) is 20.1 Å². The number of aromatic nitrogens is 2. The number of carboxylic acids is 1. The number of hydrogen-bond donors (Lipinski definition) is 1. The number of hydrogen-bond acceptors (Lipinski definition) is 3. The van der Waals surface area contributed by atoms with Gasteiger partial charge in [-0.05, 0) is 19.5 Å². The van der Waals surface area contributed by atoms with Gasteiger partial charge in [0.1, 0.15) is 0 Å². The van der Waals surface area contributed by atoms with Gasteiger partial charge in [0.25, 0.3) is 0 Å². The molecule has 0 spiro atoms. The lowest BCUT2D eigenvalue weighted by atomic mass is 10.1. The Morgan fingerprint density at radius 3 is 2.71 bits per heavy atom. The van der Waals surface area contributed by atoms with E-state index in [-0.39, 0.29) is 5.92 Å². The molecule has 1 aromatic heterocycles. The van der Waals surface area contributed by atoms with Crippen molar-refractivity contribution in [2.45, 2.75) is 27.3 Å². The van der Waals surface area contributed by atoms with E-state index in [9.17, 15) is 4.79 Å². The van der Waals surface area contributed by atoms with Crippen molar-refractivity contribution in [1.82, 2.24) is 14.7 Å². The first-order chi connectivity index (χ1) is 7.93. The molecular formula is C12H21N3O2. The van der Waals surface area contributed by atoms with Crippen LogP contribution in [0.4, 0.5) is 0 Å². The topological polar surface area (TPSA) is 58.4 Å². The molecule has 0 amide bonds. The molecule has 96 valence electrons. The smallest absolute Gasteiger partial charge is 0.307 e. The number of nitrogens with zero attached hydrogens (tertiary/aromatic N) is 3. The summed E-state index contributed by atoms with van der Waals surface area (Å²) in [6.07, 6.45) is 0. The van der Waals surface area contributed by atoms with Crippen LogP contribution in [0.3, 0.4) is 0 Å². The van der Waals surface area contributed by atoms with Gasteiger partial charge < -0.3 is 5.11 Å². The summed E-state index contributed by atoms with van der Waals surface area (Å²) in [6, 6.07) is 2.04. The van der Waals surface area contributed by atoms with Crippen LogP contribution < -0.4 is 0 Å². The second-order valence-corrected chi connectivity index (χ2v) is 4.47. The number of aryl methyl sites for hydroxylation is 2. The van der Waals surface area contributed by atoms with Crippen molar-refractivity contribution in [3.8, 4) is 0 Å². The van der Waals surface area contributed by atoms with Crippen molar-refractivity contribution in [2.24, 2.45) is 13.0 Å². The van der Waals surface area contributed by atoms with E-state index in [1.54, 1.807) is 6.92 Å². The van der Waals surface area contributed by atoms with Gasteiger partial charge in [-0.2, -0.15) is 5.10 Å². The van der Waals surface area contributed by atoms with Crippen molar-refractivity contribution < 1.29 is 9.90 Å². The highest BCUT2D eigenvalue weighted by Crippen LogP contribution is 2.08. The lowest BCUT2D eigenvalue weighted by molar-refractivity contribution is -0.141. The van der Waals surface area contributed by atoms with Gasteiger partial charge in [-0.3, -0.25) is 14.4 Å².